The number of rotatable bonds is 6. The lowest BCUT2D eigenvalue weighted by Gasteiger charge is -2.21. The molecule has 1 aliphatic rings. The minimum Gasteiger partial charge on any atom is -0.481 e. The standard InChI is InChI=1S/C11H17N3O3/c1-16-9-7-10(17-2)13-11(12-9)14(5-6-15)8-3-4-8/h7-8,15H,3-6H2,1-2H3. The van der Waals surface area contributed by atoms with E-state index in [-0.39, 0.29) is 6.61 Å². The van der Waals surface area contributed by atoms with E-state index in [1.54, 1.807) is 20.3 Å². The van der Waals surface area contributed by atoms with Crippen molar-refractivity contribution in [1.29, 1.82) is 0 Å². The van der Waals surface area contributed by atoms with Crippen LogP contribution in [0.3, 0.4) is 0 Å². The van der Waals surface area contributed by atoms with Gasteiger partial charge in [-0.3, -0.25) is 0 Å². The Bertz CT molecular complexity index is 360. The van der Waals surface area contributed by atoms with Gasteiger partial charge in [0.1, 0.15) is 0 Å². The van der Waals surface area contributed by atoms with Gasteiger partial charge in [-0.15, -0.1) is 0 Å². The van der Waals surface area contributed by atoms with Crippen LogP contribution in [0.1, 0.15) is 12.8 Å². The highest BCUT2D eigenvalue weighted by Gasteiger charge is 2.31. The predicted molar refractivity (Wildman–Crippen MR) is 62.6 cm³/mol. The number of aromatic nitrogens is 2. The Labute approximate surface area is 100 Å². The lowest BCUT2D eigenvalue weighted by molar-refractivity contribution is 0.300. The first kappa shape index (κ1) is 11.9. The van der Waals surface area contributed by atoms with E-state index < -0.39 is 0 Å². The van der Waals surface area contributed by atoms with Crippen LogP contribution in [0.2, 0.25) is 0 Å². The average molecular weight is 239 g/mol. The van der Waals surface area contributed by atoms with Gasteiger partial charge in [-0.25, -0.2) is 0 Å². The number of ether oxygens (including phenoxy) is 2. The quantitative estimate of drug-likeness (QED) is 0.777. The smallest absolute Gasteiger partial charge is 0.232 e. The van der Waals surface area contributed by atoms with E-state index in [4.69, 9.17) is 14.6 Å². The molecule has 0 radical (unpaired) electrons. The van der Waals surface area contributed by atoms with Crippen molar-refractivity contribution in [3.63, 3.8) is 0 Å². The maximum atomic E-state index is 9.07. The van der Waals surface area contributed by atoms with Gasteiger partial charge in [-0.1, -0.05) is 0 Å². The number of anilines is 1. The molecule has 1 heterocycles. The SMILES string of the molecule is COc1cc(OC)nc(N(CCO)C2CC2)n1. The summed E-state index contributed by atoms with van der Waals surface area (Å²) in [7, 11) is 3.11. The second-order valence-electron chi connectivity index (χ2n) is 3.90. The molecule has 94 valence electrons. The molecular weight excluding hydrogens is 222 g/mol. The number of aliphatic hydroxyl groups is 1. The molecule has 2 rings (SSSR count). The van der Waals surface area contributed by atoms with Crippen LogP contribution in [0, 0.1) is 0 Å². The van der Waals surface area contributed by atoms with E-state index in [2.05, 4.69) is 9.97 Å². The molecule has 0 aliphatic heterocycles. The summed E-state index contributed by atoms with van der Waals surface area (Å²) in [5, 5.41) is 9.07. The predicted octanol–water partition coefficient (Wildman–Crippen LogP) is 0.455. The molecule has 1 aliphatic carbocycles. The maximum absolute atomic E-state index is 9.07. The highest BCUT2D eigenvalue weighted by Crippen LogP contribution is 2.31. The van der Waals surface area contributed by atoms with E-state index in [0.717, 1.165) is 12.8 Å². The van der Waals surface area contributed by atoms with Crippen LogP contribution in [-0.2, 0) is 0 Å². The fourth-order valence-electron chi connectivity index (χ4n) is 1.67. The Kier molecular flexibility index (Phi) is 3.63. The first-order valence-electron chi connectivity index (χ1n) is 5.63. The van der Waals surface area contributed by atoms with E-state index in [0.29, 0.717) is 30.3 Å². The van der Waals surface area contributed by atoms with E-state index in [9.17, 15) is 0 Å². The Morgan fingerprint density at radius 1 is 1.29 bits per heavy atom. The first-order chi connectivity index (χ1) is 8.28. The lowest BCUT2D eigenvalue weighted by Crippen LogP contribution is -2.30. The third-order valence-corrected chi connectivity index (χ3v) is 2.67. The van der Waals surface area contributed by atoms with E-state index in [1.165, 1.54) is 0 Å². The monoisotopic (exact) mass is 239 g/mol. The van der Waals surface area contributed by atoms with Crippen molar-refractivity contribution in [2.24, 2.45) is 0 Å². The number of hydrogen-bond acceptors (Lipinski definition) is 6. The topological polar surface area (TPSA) is 67.7 Å². The Morgan fingerprint density at radius 2 is 1.88 bits per heavy atom. The molecule has 6 nitrogen and oxygen atoms in total. The molecule has 1 saturated carbocycles. The van der Waals surface area contributed by atoms with Gasteiger partial charge in [0.2, 0.25) is 17.7 Å². The fraction of sp³-hybridized carbons (Fsp3) is 0.636. The zero-order valence-corrected chi connectivity index (χ0v) is 10.1. The Hall–Kier alpha value is -1.56. The summed E-state index contributed by atoms with van der Waals surface area (Å²) >= 11 is 0. The second-order valence-corrected chi connectivity index (χ2v) is 3.90. The molecule has 1 aromatic heterocycles. The minimum atomic E-state index is 0.0827. The summed E-state index contributed by atoms with van der Waals surface area (Å²) in [5.74, 6) is 1.49. The van der Waals surface area contributed by atoms with Crippen molar-refractivity contribution < 1.29 is 14.6 Å². The minimum absolute atomic E-state index is 0.0827. The number of aliphatic hydroxyl groups excluding tert-OH is 1. The molecule has 0 unspecified atom stereocenters. The van der Waals surface area contributed by atoms with Crippen LogP contribution in [0.4, 0.5) is 5.95 Å². The van der Waals surface area contributed by atoms with Crippen LogP contribution in [0.5, 0.6) is 11.8 Å². The van der Waals surface area contributed by atoms with E-state index >= 15 is 0 Å². The van der Waals surface area contributed by atoms with Crippen molar-refractivity contribution in [3.8, 4) is 11.8 Å². The molecule has 0 atom stereocenters. The van der Waals surface area contributed by atoms with Gasteiger partial charge in [0, 0.05) is 12.6 Å². The van der Waals surface area contributed by atoms with Crippen molar-refractivity contribution in [3.05, 3.63) is 6.07 Å². The van der Waals surface area contributed by atoms with Gasteiger partial charge in [-0.2, -0.15) is 9.97 Å². The van der Waals surface area contributed by atoms with Gasteiger partial charge in [0.15, 0.2) is 0 Å². The van der Waals surface area contributed by atoms with Crippen LogP contribution in [0.15, 0.2) is 6.07 Å². The molecule has 0 aromatic carbocycles. The molecular formula is C11H17N3O3. The summed E-state index contributed by atoms with van der Waals surface area (Å²) in [6.45, 7) is 0.611. The highest BCUT2D eigenvalue weighted by atomic mass is 16.5. The third kappa shape index (κ3) is 2.76. The molecule has 0 amide bonds. The molecule has 17 heavy (non-hydrogen) atoms. The lowest BCUT2D eigenvalue weighted by atomic mass is 10.5. The molecule has 0 bridgehead atoms. The Balaban J connectivity index is 2.27. The third-order valence-electron chi connectivity index (χ3n) is 2.67. The molecule has 0 spiro atoms. The average Bonchev–Trinajstić information content (AvgIpc) is 3.19. The van der Waals surface area contributed by atoms with Gasteiger partial charge >= 0.3 is 0 Å². The molecule has 6 heteroatoms. The first-order valence-corrected chi connectivity index (χ1v) is 5.63. The molecule has 0 saturated heterocycles. The molecule has 1 N–H and O–H groups in total. The van der Waals surface area contributed by atoms with Gasteiger partial charge in [0.25, 0.3) is 0 Å². The van der Waals surface area contributed by atoms with Crippen LogP contribution < -0.4 is 14.4 Å². The summed E-state index contributed by atoms with van der Waals surface area (Å²) in [4.78, 5) is 10.6. The van der Waals surface area contributed by atoms with Crippen molar-refractivity contribution in [2.75, 3.05) is 32.3 Å². The van der Waals surface area contributed by atoms with Crippen LogP contribution in [-0.4, -0.2) is 48.5 Å². The zero-order valence-electron chi connectivity index (χ0n) is 10.1. The zero-order chi connectivity index (χ0) is 12.3. The van der Waals surface area contributed by atoms with Crippen LogP contribution >= 0.6 is 0 Å². The van der Waals surface area contributed by atoms with Crippen LogP contribution in [0.25, 0.3) is 0 Å². The molecule has 1 aromatic rings. The largest absolute Gasteiger partial charge is 0.481 e. The van der Waals surface area contributed by atoms with E-state index in [1.807, 2.05) is 4.90 Å². The fourth-order valence-corrected chi connectivity index (χ4v) is 1.67. The normalized spacial score (nSPS) is 14.5. The van der Waals surface area contributed by atoms with Gasteiger partial charge < -0.3 is 19.5 Å². The number of hydrogen-bond donors (Lipinski definition) is 1. The number of methoxy groups -OCH3 is 2. The van der Waals surface area contributed by atoms with Gasteiger partial charge in [0.05, 0.1) is 26.9 Å². The summed E-state index contributed by atoms with van der Waals surface area (Å²) in [5.41, 5.74) is 0. The Morgan fingerprint density at radius 3 is 2.29 bits per heavy atom. The maximum Gasteiger partial charge on any atom is 0.232 e. The summed E-state index contributed by atoms with van der Waals surface area (Å²) in [6, 6.07) is 2.06. The second kappa shape index (κ2) is 5.18. The van der Waals surface area contributed by atoms with Crippen molar-refractivity contribution in [2.45, 2.75) is 18.9 Å². The molecule has 1 fully saturated rings. The van der Waals surface area contributed by atoms with Gasteiger partial charge in [-0.05, 0) is 12.8 Å². The summed E-state index contributed by atoms with van der Waals surface area (Å²) < 4.78 is 10.2. The van der Waals surface area contributed by atoms with Crippen molar-refractivity contribution >= 4 is 5.95 Å². The summed E-state index contributed by atoms with van der Waals surface area (Å²) in [6.07, 6.45) is 2.23. The number of nitrogens with zero attached hydrogens (tertiary/aromatic N) is 3. The highest BCUT2D eigenvalue weighted by molar-refractivity contribution is 5.39. The van der Waals surface area contributed by atoms with Crippen molar-refractivity contribution in [1.82, 2.24) is 9.97 Å².